The number of aliphatic imine (C=N–C) groups is 1. The standard InChI is InChI=1S/C17H15F4NO/c1-11(2)22-10-12-3-8-16(18)15(9-12)13-4-6-14(7-5-13)23-17(19,20)21/h3-9H,10H2,1-2H3. The van der Waals surface area contributed by atoms with E-state index in [-0.39, 0.29) is 5.75 Å². The minimum atomic E-state index is -4.75. The van der Waals surface area contributed by atoms with Gasteiger partial charge < -0.3 is 4.74 Å². The summed E-state index contributed by atoms with van der Waals surface area (Å²) in [6.07, 6.45) is -4.75. The van der Waals surface area contributed by atoms with Gasteiger partial charge in [-0.3, -0.25) is 4.99 Å². The first kappa shape index (κ1) is 17.0. The molecule has 6 heteroatoms. The Morgan fingerprint density at radius 1 is 1.04 bits per heavy atom. The van der Waals surface area contributed by atoms with Crippen LogP contribution < -0.4 is 4.74 Å². The van der Waals surface area contributed by atoms with Crippen LogP contribution in [0.3, 0.4) is 0 Å². The monoisotopic (exact) mass is 325 g/mol. The highest BCUT2D eigenvalue weighted by molar-refractivity contribution is 5.79. The molecule has 0 spiro atoms. The summed E-state index contributed by atoms with van der Waals surface area (Å²) in [5.74, 6) is -0.792. The molecule has 0 aliphatic rings. The zero-order chi connectivity index (χ0) is 17.0. The molecule has 0 aromatic heterocycles. The van der Waals surface area contributed by atoms with E-state index in [1.54, 1.807) is 12.1 Å². The summed E-state index contributed by atoms with van der Waals surface area (Å²) in [6.45, 7) is 4.15. The van der Waals surface area contributed by atoms with Gasteiger partial charge >= 0.3 is 6.36 Å². The van der Waals surface area contributed by atoms with E-state index >= 15 is 0 Å². The van der Waals surface area contributed by atoms with E-state index in [2.05, 4.69) is 9.73 Å². The maximum atomic E-state index is 14.0. The molecule has 0 atom stereocenters. The van der Waals surface area contributed by atoms with Gasteiger partial charge in [-0.2, -0.15) is 0 Å². The lowest BCUT2D eigenvalue weighted by Gasteiger charge is -2.10. The van der Waals surface area contributed by atoms with Crippen LogP contribution in [0.1, 0.15) is 19.4 Å². The van der Waals surface area contributed by atoms with Crippen molar-refractivity contribution in [3.05, 3.63) is 53.8 Å². The first-order valence-corrected chi connectivity index (χ1v) is 6.87. The van der Waals surface area contributed by atoms with Crippen LogP contribution in [0.5, 0.6) is 5.75 Å². The number of rotatable bonds is 4. The first-order chi connectivity index (χ1) is 10.7. The summed E-state index contributed by atoms with van der Waals surface area (Å²) in [4.78, 5) is 4.26. The number of ether oxygens (including phenoxy) is 1. The van der Waals surface area contributed by atoms with E-state index in [4.69, 9.17) is 0 Å². The first-order valence-electron chi connectivity index (χ1n) is 6.87. The second-order valence-corrected chi connectivity index (χ2v) is 5.15. The summed E-state index contributed by atoms with van der Waals surface area (Å²) >= 11 is 0. The van der Waals surface area contributed by atoms with Crippen molar-refractivity contribution in [2.24, 2.45) is 4.99 Å². The van der Waals surface area contributed by atoms with Crippen LogP contribution in [-0.2, 0) is 6.54 Å². The zero-order valence-corrected chi connectivity index (χ0v) is 12.6. The molecule has 2 aromatic rings. The highest BCUT2D eigenvalue weighted by atomic mass is 19.4. The van der Waals surface area contributed by atoms with Crippen LogP contribution in [-0.4, -0.2) is 12.1 Å². The van der Waals surface area contributed by atoms with E-state index in [0.717, 1.165) is 23.4 Å². The number of halogens is 4. The van der Waals surface area contributed by atoms with Crippen LogP contribution in [0.25, 0.3) is 11.1 Å². The highest BCUT2D eigenvalue weighted by Gasteiger charge is 2.30. The third-order valence-corrected chi connectivity index (χ3v) is 3.01. The fraction of sp³-hybridized carbons (Fsp3) is 0.235. The average Bonchev–Trinajstić information content (AvgIpc) is 2.45. The van der Waals surface area contributed by atoms with E-state index in [9.17, 15) is 17.6 Å². The minimum absolute atomic E-state index is 0.310. The van der Waals surface area contributed by atoms with Crippen molar-refractivity contribution in [1.29, 1.82) is 0 Å². The molecule has 0 fully saturated rings. The molecule has 0 bridgehead atoms. The number of hydrogen-bond acceptors (Lipinski definition) is 2. The van der Waals surface area contributed by atoms with Crippen molar-refractivity contribution in [1.82, 2.24) is 0 Å². The van der Waals surface area contributed by atoms with Crippen molar-refractivity contribution >= 4 is 5.71 Å². The Morgan fingerprint density at radius 2 is 1.70 bits per heavy atom. The average molecular weight is 325 g/mol. The third-order valence-electron chi connectivity index (χ3n) is 3.01. The number of hydrogen-bond donors (Lipinski definition) is 0. The molecule has 2 rings (SSSR count). The Kier molecular flexibility index (Phi) is 5.03. The second-order valence-electron chi connectivity index (χ2n) is 5.15. The Morgan fingerprint density at radius 3 is 2.26 bits per heavy atom. The predicted molar refractivity (Wildman–Crippen MR) is 81.0 cm³/mol. The zero-order valence-electron chi connectivity index (χ0n) is 12.6. The topological polar surface area (TPSA) is 21.6 Å². The molecule has 0 amide bonds. The third kappa shape index (κ3) is 5.09. The lowest BCUT2D eigenvalue weighted by Crippen LogP contribution is -2.16. The molecule has 0 aliphatic heterocycles. The SMILES string of the molecule is CC(C)=NCc1ccc(F)c(-c2ccc(OC(F)(F)F)cc2)c1. The summed E-state index contributed by atoms with van der Waals surface area (Å²) in [7, 11) is 0. The van der Waals surface area contributed by atoms with Gasteiger partial charge in [0.25, 0.3) is 0 Å². The Hall–Kier alpha value is -2.37. The van der Waals surface area contributed by atoms with Crippen molar-refractivity contribution in [3.8, 4) is 16.9 Å². The van der Waals surface area contributed by atoms with Gasteiger partial charge in [0.15, 0.2) is 0 Å². The van der Waals surface area contributed by atoms with Crippen LogP contribution in [0, 0.1) is 5.82 Å². The maximum Gasteiger partial charge on any atom is 0.573 e. The largest absolute Gasteiger partial charge is 0.573 e. The molecular formula is C17H15F4NO. The van der Waals surface area contributed by atoms with Crippen molar-refractivity contribution in [3.63, 3.8) is 0 Å². The second kappa shape index (κ2) is 6.81. The van der Waals surface area contributed by atoms with E-state index in [1.807, 2.05) is 13.8 Å². The molecule has 23 heavy (non-hydrogen) atoms. The smallest absolute Gasteiger partial charge is 0.406 e. The summed E-state index contributed by atoms with van der Waals surface area (Å²) in [5.41, 5.74) is 2.50. The van der Waals surface area contributed by atoms with Crippen molar-refractivity contribution < 1.29 is 22.3 Å². The Bertz CT molecular complexity index is 702. The molecule has 122 valence electrons. The van der Waals surface area contributed by atoms with Gasteiger partial charge in [0.2, 0.25) is 0 Å². The quantitative estimate of drug-likeness (QED) is 0.547. The molecule has 0 saturated heterocycles. The summed E-state index contributed by atoms with van der Waals surface area (Å²) < 4.78 is 54.2. The van der Waals surface area contributed by atoms with Crippen molar-refractivity contribution in [2.75, 3.05) is 0 Å². The van der Waals surface area contributed by atoms with Crippen LogP contribution in [0.2, 0.25) is 0 Å². The molecule has 0 unspecified atom stereocenters. The molecule has 0 saturated carbocycles. The lowest BCUT2D eigenvalue weighted by molar-refractivity contribution is -0.274. The molecular weight excluding hydrogens is 310 g/mol. The van der Waals surface area contributed by atoms with Gasteiger partial charge in [-0.25, -0.2) is 4.39 Å². The van der Waals surface area contributed by atoms with Gasteiger partial charge in [-0.15, -0.1) is 13.2 Å². The predicted octanol–water partition coefficient (Wildman–Crippen LogP) is 5.37. The number of benzene rings is 2. The fourth-order valence-corrected chi connectivity index (χ4v) is 1.98. The van der Waals surface area contributed by atoms with Crippen LogP contribution >= 0.6 is 0 Å². The van der Waals surface area contributed by atoms with E-state index in [1.165, 1.54) is 18.2 Å². The van der Waals surface area contributed by atoms with E-state index in [0.29, 0.717) is 17.7 Å². The maximum absolute atomic E-state index is 14.0. The van der Waals surface area contributed by atoms with Gasteiger partial charge in [-0.1, -0.05) is 18.2 Å². The fourth-order valence-electron chi connectivity index (χ4n) is 1.98. The van der Waals surface area contributed by atoms with Gasteiger partial charge in [0.05, 0.1) is 6.54 Å². The van der Waals surface area contributed by atoms with Gasteiger partial charge in [0, 0.05) is 11.3 Å². The molecule has 0 aliphatic carbocycles. The van der Waals surface area contributed by atoms with Crippen LogP contribution in [0.15, 0.2) is 47.5 Å². The lowest BCUT2D eigenvalue weighted by atomic mass is 10.0. The number of alkyl halides is 3. The summed E-state index contributed by atoms with van der Waals surface area (Å²) in [6, 6.07) is 9.68. The molecule has 0 heterocycles. The van der Waals surface area contributed by atoms with Gasteiger partial charge in [0.1, 0.15) is 11.6 Å². The van der Waals surface area contributed by atoms with Gasteiger partial charge in [-0.05, 0) is 49.2 Å². The van der Waals surface area contributed by atoms with Crippen LogP contribution in [0.4, 0.5) is 17.6 Å². The van der Waals surface area contributed by atoms with Crippen molar-refractivity contribution in [2.45, 2.75) is 26.8 Å². The molecule has 2 nitrogen and oxygen atoms in total. The highest BCUT2D eigenvalue weighted by Crippen LogP contribution is 2.28. The molecule has 0 N–H and O–H groups in total. The number of nitrogens with zero attached hydrogens (tertiary/aromatic N) is 1. The minimum Gasteiger partial charge on any atom is -0.406 e. The molecule has 0 radical (unpaired) electrons. The normalized spacial score (nSPS) is 11.2. The Labute approximate surface area is 131 Å². The molecule has 2 aromatic carbocycles. The summed E-state index contributed by atoms with van der Waals surface area (Å²) in [5, 5.41) is 0. The Balaban J connectivity index is 2.27. The van der Waals surface area contributed by atoms with E-state index < -0.39 is 12.2 Å².